The highest BCUT2D eigenvalue weighted by Gasteiger charge is 2.29. The number of carbonyl (C=O) groups is 1. The minimum atomic E-state index is -3.74. The molecule has 6 heteroatoms. The van der Waals surface area contributed by atoms with E-state index in [0.29, 0.717) is 4.90 Å². The number of amides is 1. The van der Waals surface area contributed by atoms with Crippen molar-refractivity contribution in [3.05, 3.63) is 27.8 Å². The standard InChI is InChI=1S/C18H30N2O3S/c1-11-12(2)14(4)17(15(5)13(11)3)24(22,23)20(9)10-16(21)19-18(6,7)8/h10H2,1-9H3,(H,19,21). The Kier molecular flexibility index (Phi) is 5.89. The molecule has 0 atom stereocenters. The van der Waals surface area contributed by atoms with Crippen LogP contribution in [0.15, 0.2) is 4.90 Å². The number of hydrogen-bond donors (Lipinski definition) is 1. The van der Waals surface area contributed by atoms with E-state index in [4.69, 9.17) is 0 Å². The van der Waals surface area contributed by atoms with Crippen LogP contribution in [-0.2, 0) is 14.8 Å². The van der Waals surface area contributed by atoms with Crippen LogP contribution in [0.4, 0.5) is 0 Å². The largest absolute Gasteiger partial charge is 0.350 e. The van der Waals surface area contributed by atoms with Crippen LogP contribution in [0.3, 0.4) is 0 Å². The summed E-state index contributed by atoms with van der Waals surface area (Å²) in [5, 5.41) is 2.79. The van der Waals surface area contributed by atoms with Crippen LogP contribution in [0.1, 0.15) is 48.6 Å². The van der Waals surface area contributed by atoms with Gasteiger partial charge in [-0.3, -0.25) is 4.79 Å². The molecular formula is C18H30N2O3S. The lowest BCUT2D eigenvalue weighted by Gasteiger charge is -2.25. The molecular weight excluding hydrogens is 324 g/mol. The van der Waals surface area contributed by atoms with Crippen LogP contribution in [0.5, 0.6) is 0 Å². The van der Waals surface area contributed by atoms with E-state index in [1.807, 2.05) is 55.4 Å². The highest BCUT2D eigenvalue weighted by Crippen LogP contribution is 2.31. The molecule has 5 nitrogen and oxygen atoms in total. The fourth-order valence-electron chi connectivity index (χ4n) is 2.75. The van der Waals surface area contributed by atoms with E-state index in [1.54, 1.807) is 0 Å². The number of carbonyl (C=O) groups excluding carboxylic acids is 1. The summed E-state index contributed by atoms with van der Waals surface area (Å²) in [5.74, 6) is -0.315. The summed E-state index contributed by atoms with van der Waals surface area (Å²) in [4.78, 5) is 12.4. The van der Waals surface area contributed by atoms with Gasteiger partial charge in [0.25, 0.3) is 0 Å². The van der Waals surface area contributed by atoms with Crippen molar-refractivity contribution in [3.63, 3.8) is 0 Å². The summed E-state index contributed by atoms with van der Waals surface area (Å²) in [7, 11) is -2.29. The van der Waals surface area contributed by atoms with Gasteiger partial charge in [0.05, 0.1) is 11.4 Å². The highest BCUT2D eigenvalue weighted by atomic mass is 32.2. The van der Waals surface area contributed by atoms with Gasteiger partial charge in [0.1, 0.15) is 0 Å². The molecule has 0 radical (unpaired) electrons. The van der Waals surface area contributed by atoms with Gasteiger partial charge in [0.15, 0.2) is 0 Å². The lowest BCUT2D eigenvalue weighted by Crippen LogP contribution is -2.46. The van der Waals surface area contributed by atoms with Crippen molar-refractivity contribution in [2.24, 2.45) is 0 Å². The van der Waals surface area contributed by atoms with E-state index in [9.17, 15) is 13.2 Å². The van der Waals surface area contributed by atoms with Gasteiger partial charge in [-0.25, -0.2) is 8.42 Å². The first-order valence-corrected chi connectivity index (χ1v) is 9.48. The van der Waals surface area contributed by atoms with Crippen LogP contribution in [-0.4, -0.2) is 37.8 Å². The van der Waals surface area contributed by atoms with Crippen molar-refractivity contribution in [1.29, 1.82) is 0 Å². The minimum absolute atomic E-state index is 0.204. The van der Waals surface area contributed by atoms with Crippen LogP contribution in [0.25, 0.3) is 0 Å². The van der Waals surface area contributed by atoms with E-state index >= 15 is 0 Å². The number of hydrogen-bond acceptors (Lipinski definition) is 3. The highest BCUT2D eigenvalue weighted by molar-refractivity contribution is 7.89. The van der Waals surface area contributed by atoms with E-state index in [2.05, 4.69) is 5.32 Å². The Morgan fingerprint density at radius 1 is 0.917 bits per heavy atom. The molecule has 1 rings (SSSR count). The van der Waals surface area contributed by atoms with Crippen molar-refractivity contribution in [1.82, 2.24) is 9.62 Å². The third-order valence-corrected chi connectivity index (χ3v) is 6.56. The molecule has 24 heavy (non-hydrogen) atoms. The topological polar surface area (TPSA) is 66.5 Å². The van der Waals surface area contributed by atoms with Gasteiger partial charge in [-0.1, -0.05) is 0 Å². The zero-order valence-corrected chi connectivity index (χ0v) is 17.1. The maximum Gasteiger partial charge on any atom is 0.243 e. The lowest BCUT2D eigenvalue weighted by atomic mass is 9.95. The van der Waals surface area contributed by atoms with Gasteiger partial charge in [-0.2, -0.15) is 4.31 Å². The average Bonchev–Trinajstić information content (AvgIpc) is 2.40. The third kappa shape index (κ3) is 4.16. The number of rotatable bonds is 4. The van der Waals surface area contributed by atoms with Gasteiger partial charge in [0.2, 0.25) is 15.9 Å². The molecule has 1 aromatic carbocycles. The zero-order valence-electron chi connectivity index (χ0n) is 16.3. The fourth-order valence-corrected chi connectivity index (χ4v) is 4.43. The summed E-state index contributed by atoms with van der Waals surface area (Å²) in [6.45, 7) is 14.9. The van der Waals surface area contributed by atoms with E-state index in [0.717, 1.165) is 32.1 Å². The molecule has 0 aromatic heterocycles. The Morgan fingerprint density at radius 2 is 1.29 bits per heavy atom. The van der Waals surface area contributed by atoms with Crippen LogP contribution < -0.4 is 5.32 Å². The second-order valence-electron chi connectivity index (χ2n) is 7.51. The molecule has 1 amide bonds. The third-order valence-electron chi connectivity index (χ3n) is 4.48. The van der Waals surface area contributed by atoms with Crippen LogP contribution in [0, 0.1) is 34.6 Å². The molecule has 1 aromatic rings. The summed E-state index contributed by atoms with van der Waals surface area (Å²) < 4.78 is 27.2. The number of benzene rings is 1. The second kappa shape index (κ2) is 6.84. The monoisotopic (exact) mass is 354 g/mol. The molecule has 0 aliphatic heterocycles. The van der Waals surface area contributed by atoms with Crippen molar-refractivity contribution < 1.29 is 13.2 Å². The Labute approximate surface area is 146 Å². The summed E-state index contributed by atoms with van der Waals surface area (Å²) in [6, 6.07) is 0. The number of sulfonamides is 1. The van der Waals surface area contributed by atoms with Crippen molar-refractivity contribution in [2.75, 3.05) is 13.6 Å². The summed E-state index contributed by atoms with van der Waals surface area (Å²) in [5.41, 5.74) is 4.16. The molecule has 0 unspecified atom stereocenters. The molecule has 0 spiro atoms. The first-order chi connectivity index (χ1) is 10.7. The smallest absolute Gasteiger partial charge is 0.243 e. The first kappa shape index (κ1) is 20.6. The van der Waals surface area contributed by atoms with Gasteiger partial charge in [0, 0.05) is 12.6 Å². The number of nitrogens with zero attached hydrogens (tertiary/aromatic N) is 1. The Bertz CT molecular complexity index is 730. The molecule has 0 bridgehead atoms. The van der Waals surface area contributed by atoms with Gasteiger partial charge in [-0.05, 0) is 83.2 Å². The molecule has 0 heterocycles. The Balaban J connectivity index is 3.29. The molecule has 0 aliphatic carbocycles. The minimum Gasteiger partial charge on any atom is -0.350 e. The fraction of sp³-hybridized carbons (Fsp3) is 0.611. The van der Waals surface area contributed by atoms with Crippen molar-refractivity contribution >= 4 is 15.9 Å². The predicted molar refractivity (Wildman–Crippen MR) is 97.8 cm³/mol. The maximum atomic E-state index is 13.0. The lowest BCUT2D eigenvalue weighted by molar-refractivity contribution is -0.122. The second-order valence-corrected chi connectivity index (χ2v) is 9.50. The molecule has 0 saturated heterocycles. The van der Waals surface area contributed by atoms with E-state index in [1.165, 1.54) is 7.05 Å². The average molecular weight is 355 g/mol. The van der Waals surface area contributed by atoms with E-state index in [-0.39, 0.29) is 12.5 Å². The summed E-state index contributed by atoms with van der Waals surface area (Å²) in [6.07, 6.45) is 0. The molecule has 136 valence electrons. The van der Waals surface area contributed by atoms with Gasteiger partial charge < -0.3 is 5.32 Å². The molecule has 0 aliphatic rings. The number of nitrogens with one attached hydrogen (secondary N) is 1. The van der Waals surface area contributed by atoms with Crippen molar-refractivity contribution in [2.45, 2.75) is 65.8 Å². The molecule has 1 N–H and O–H groups in total. The van der Waals surface area contributed by atoms with E-state index < -0.39 is 15.6 Å². The quantitative estimate of drug-likeness (QED) is 0.904. The summed E-state index contributed by atoms with van der Waals surface area (Å²) >= 11 is 0. The normalized spacial score (nSPS) is 12.6. The maximum absolute atomic E-state index is 13.0. The Morgan fingerprint density at radius 3 is 1.67 bits per heavy atom. The number of likely N-dealkylation sites (N-methyl/N-ethyl adjacent to an activating group) is 1. The molecule has 0 saturated carbocycles. The predicted octanol–water partition coefficient (Wildman–Crippen LogP) is 2.76. The van der Waals surface area contributed by atoms with Gasteiger partial charge >= 0.3 is 0 Å². The van der Waals surface area contributed by atoms with Crippen LogP contribution in [0.2, 0.25) is 0 Å². The first-order valence-electron chi connectivity index (χ1n) is 8.04. The Hall–Kier alpha value is -1.40. The SMILES string of the molecule is Cc1c(C)c(C)c(S(=O)(=O)N(C)CC(=O)NC(C)(C)C)c(C)c1C. The zero-order chi connectivity index (χ0) is 19.0. The van der Waals surface area contributed by atoms with Crippen molar-refractivity contribution in [3.8, 4) is 0 Å². The van der Waals surface area contributed by atoms with Crippen LogP contribution >= 0.6 is 0 Å². The van der Waals surface area contributed by atoms with Gasteiger partial charge in [-0.15, -0.1) is 0 Å². The molecule has 0 fully saturated rings.